The molecule has 1 aromatic carbocycles. The highest BCUT2D eigenvalue weighted by molar-refractivity contribution is 5.33. The van der Waals surface area contributed by atoms with E-state index in [4.69, 9.17) is 6.42 Å². The fourth-order valence-corrected chi connectivity index (χ4v) is 1.13. The Hall–Kier alpha value is -1.60. The molecule has 0 aliphatic heterocycles. The SMILES string of the molecule is C#CCNCc1ccccc1OC(F)F. The average Bonchev–Trinajstić information content (AvgIpc) is 2.20. The summed E-state index contributed by atoms with van der Waals surface area (Å²) in [6.45, 7) is -2.00. The molecule has 0 aliphatic rings. The van der Waals surface area contributed by atoms with Crippen LogP contribution in [-0.2, 0) is 6.54 Å². The van der Waals surface area contributed by atoms with Gasteiger partial charge in [0.2, 0.25) is 0 Å². The van der Waals surface area contributed by atoms with Crippen LogP contribution in [0.25, 0.3) is 0 Å². The highest BCUT2D eigenvalue weighted by atomic mass is 19.3. The maximum Gasteiger partial charge on any atom is 0.387 e. The number of hydrogen-bond donors (Lipinski definition) is 1. The van der Waals surface area contributed by atoms with E-state index >= 15 is 0 Å². The lowest BCUT2D eigenvalue weighted by Gasteiger charge is -2.10. The zero-order valence-corrected chi connectivity index (χ0v) is 8.04. The monoisotopic (exact) mass is 211 g/mol. The molecule has 80 valence electrons. The Balaban J connectivity index is 2.65. The Kier molecular flexibility index (Phi) is 4.58. The van der Waals surface area contributed by atoms with Gasteiger partial charge in [0.05, 0.1) is 6.54 Å². The zero-order chi connectivity index (χ0) is 11.1. The molecule has 15 heavy (non-hydrogen) atoms. The highest BCUT2D eigenvalue weighted by Gasteiger charge is 2.07. The Morgan fingerprint density at radius 2 is 2.13 bits per heavy atom. The van der Waals surface area contributed by atoms with E-state index in [1.807, 2.05) is 0 Å². The number of rotatable bonds is 5. The van der Waals surface area contributed by atoms with Crippen molar-refractivity contribution in [3.8, 4) is 18.1 Å². The van der Waals surface area contributed by atoms with Crippen molar-refractivity contribution < 1.29 is 13.5 Å². The lowest BCUT2D eigenvalue weighted by Crippen LogP contribution is -2.14. The molecule has 0 fully saturated rings. The molecule has 1 rings (SSSR count). The standard InChI is InChI=1S/C11H11F2NO/c1-2-7-14-8-9-5-3-4-6-10(9)15-11(12)13/h1,3-6,11,14H,7-8H2. The summed E-state index contributed by atoms with van der Waals surface area (Å²) in [5.41, 5.74) is 0.660. The summed E-state index contributed by atoms with van der Waals surface area (Å²) in [4.78, 5) is 0. The van der Waals surface area contributed by atoms with Crippen LogP contribution in [0.1, 0.15) is 5.56 Å². The Morgan fingerprint density at radius 1 is 1.40 bits per heavy atom. The number of ether oxygens (including phenoxy) is 1. The van der Waals surface area contributed by atoms with Crippen molar-refractivity contribution in [1.29, 1.82) is 0 Å². The number of alkyl halides is 2. The Labute approximate surface area is 87.2 Å². The summed E-state index contributed by atoms with van der Waals surface area (Å²) in [5.74, 6) is 2.58. The molecule has 0 aliphatic carbocycles. The van der Waals surface area contributed by atoms with E-state index in [9.17, 15) is 8.78 Å². The maximum absolute atomic E-state index is 12.0. The van der Waals surface area contributed by atoms with Crippen molar-refractivity contribution in [2.75, 3.05) is 6.54 Å². The van der Waals surface area contributed by atoms with E-state index in [0.29, 0.717) is 18.7 Å². The third-order valence-electron chi connectivity index (χ3n) is 1.73. The Bertz CT molecular complexity index is 347. The summed E-state index contributed by atoms with van der Waals surface area (Å²) < 4.78 is 28.4. The minimum absolute atomic E-state index is 0.178. The third-order valence-corrected chi connectivity index (χ3v) is 1.73. The van der Waals surface area contributed by atoms with E-state index in [1.54, 1.807) is 18.2 Å². The predicted octanol–water partition coefficient (Wildman–Crippen LogP) is 2.01. The fraction of sp³-hybridized carbons (Fsp3) is 0.273. The molecule has 0 amide bonds. The molecule has 2 nitrogen and oxygen atoms in total. The number of hydrogen-bond acceptors (Lipinski definition) is 2. The van der Waals surface area contributed by atoms with Gasteiger partial charge in [-0.25, -0.2) is 0 Å². The molecule has 4 heteroatoms. The molecule has 1 N–H and O–H groups in total. The van der Waals surface area contributed by atoms with Crippen molar-refractivity contribution in [3.63, 3.8) is 0 Å². The van der Waals surface area contributed by atoms with Crippen LogP contribution in [-0.4, -0.2) is 13.2 Å². The number of halogens is 2. The summed E-state index contributed by atoms with van der Waals surface area (Å²) in [6, 6.07) is 6.61. The van der Waals surface area contributed by atoms with Crippen LogP contribution < -0.4 is 10.1 Å². The summed E-state index contributed by atoms with van der Waals surface area (Å²) in [6.07, 6.45) is 5.05. The summed E-state index contributed by atoms with van der Waals surface area (Å²) >= 11 is 0. The first-order chi connectivity index (χ1) is 7.24. The van der Waals surface area contributed by atoms with Crippen molar-refractivity contribution in [1.82, 2.24) is 5.32 Å². The number of nitrogens with one attached hydrogen (secondary N) is 1. The second-order valence-electron chi connectivity index (χ2n) is 2.79. The second-order valence-corrected chi connectivity index (χ2v) is 2.79. The minimum Gasteiger partial charge on any atom is -0.434 e. The molecule has 0 atom stereocenters. The van der Waals surface area contributed by atoms with Crippen LogP contribution in [0.4, 0.5) is 8.78 Å². The molecule has 0 saturated heterocycles. The number of para-hydroxylation sites is 1. The third kappa shape index (κ3) is 3.96. The van der Waals surface area contributed by atoms with Crippen molar-refractivity contribution in [3.05, 3.63) is 29.8 Å². The van der Waals surface area contributed by atoms with Crippen LogP contribution >= 0.6 is 0 Å². The van der Waals surface area contributed by atoms with Gasteiger partial charge in [-0.05, 0) is 6.07 Å². The van der Waals surface area contributed by atoms with E-state index in [1.165, 1.54) is 6.07 Å². The van der Waals surface area contributed by atoms with Crippen LogP contribution in [0.5, 0.6) is 5.75 Å². The van der Waals surface area contributed by atoms with Gasteiger partial charge in [0, 0.05) is 12.1 Å². The van der Waals surface area contributed by atoms with Crippen LogP contribution in [0.2, 0.25) is 0 Å². The van der Waals surface area contributed by atoms with E-state index in [2.05, 4.69) is 16.0 Å². The normalized spacial score (nSPS) is 10.0. The smallest absolute Gasteiger partial charge is 0.387 e. The van der Waals surface area contributed by atoms with E-state index in [-0.39, 0.29) is 5.75 Å². The van der Waals surface area contributed by atoms with Gasteiger partial charge in [0.1, 0.15) is 5.75 Å². The predicted molar refractivity (Wildman–Crippen MR) is 53.6 cm³/mol. The van der Waals surface area contributed by atoms with Crippen molar-refractivity contribution in [2.24, 2.45) is 0 Å². The lowest BCUT2D eigenvalue weighted by molar-refractivity contribution is -0.0504. The lowest BCUT2D eigenvalue weighted by atomic mass is 10.2. The molecule has 0 saturated carbocycles. The average molecular weight is 211 g/mol. The molecule has 0 heterocycles. The molecule has 0 spiro atoms. The minimum atomic E-state index is -2.81. The van der Waals surface area contributed by atoms with Crippen LogP contribution in [0.15, 0.2) is 24.3 Å². The molecule has 0 aromatic heterocycles. The van der Waals surface area contributed by atoms with Gasteiger partial charge >= 0.3 is 6.61 Å². The van der Waals surface area contributed by atoms with Gasteiger partial charge in [-0.3, -0.25) is 0 Å². The van der Waals surface area contributed by atoms with Crippen molar-refractivity contribution in [2.45, 2.75) is 13.2 Å². The maximum atomic E-state index is 12.0. The second kappa shape index (κ2) is 5.99. The van der Waals surface area contributed by atoms with Gasteiger partial charge < -0.3 is 10.1 Å². The van der Waals surface area contributed by atoms with Gasteiger partial charge in [-0.15, -0.1) is 6.42 Å². The Morgan fingerprint density at radius 3 is 2.80 bits per heavy atom. The number of benzene rings is 1. The fourth-order valence-electron chi connectivity index (χ4n) is 1.13. The topological polar surface area (TPSA) is 21.3 Å². The summed E-state index contributed by atoms with van der Waals surface area (Å²) in [7, 11) is 0. The highest BCUT2D eigenvalue weighted by Crippen LogP contribution is 2.19. The first-order valence-electron chi connectivity index (χ1n) is 4.41. The van der Waals surface area contributed by atoms with Crippen molar-refractivity contribution >= 4 is 0 Å². The van der Waals surface area contributed by atoms with E-state index in [0.717, 1.165) is 0 Å². The molecular weight excluding hydrogens is 200 g/mol. The van der Waals surface area contributed by atoms with Gasteiger partial charge in [-0.1, -0.05) is 24.1 Å². The number of terminal acetylenes is 1. The first-order valence-corrected chi connectivity index (χ1v) is 4.41. The molecular formula is C11H11F2NO. The molecule has 0 unspecified atom stereocenters. The zero-order valence-electron chi connectivity index (χ0n) is 8.04. The quantitative estimate of drug-likeness (QED) is 0.594. The van der Waals surface area contributed by atoms with Gasteiger partial charge in [0.15, 0.2) is 0 Å². The largest absolute Gasteiger partial charge is 0.434 e. The van der Waals surface area contributed by atoms with Gasteiger partial charge in [-0.2, -0.15) is 8.78 Å². The first kappa shape index (κ1) is 11.5. The van der Waals surface area contributed by atoms with E-state index < -0.39 is 6.61 Å². The van der Waals surface area contributed by atoms with Crippen LogP contribution in [0.3, 0.4) is 0 Å². The molecule has 0 radical (unpaired) electrons. The van der Waals surface area contributed by atoms with Crippen LogP contribution in [0, 0.1) is 12.3 Å². The van der Waals surface area contributed by atoms with Gasteiger partial charge in [0.25, 0.3) is 0 Å². The summed E-state index contributed by atoms with van der Waals surface area (Å²) in [5, 5.41) is 2.90. The molecule has 0 bridgehead atoms. The molecule has 1 aromatic rings.